The van der Waals surface area contributed by atoms with Gasteiger partial charge in [0.25, 0.3) is 0 Å². The number of aliphatic hydroxyl groups is 1. The molecule has 0 saturated carbocycles. The molecule has 1 atom stereocenters. The summed E-state index contributed by atoms with van der Waals surface area (Å²) in [6, 6.07) is 13.8. The summed E-state index contributed by atoms with van der Waals surface area (Å²) >= 11 is 0. The van der Waals surface area contributed by atoms with Crippen molar-refractivity contribution >= 4 is 16.7 Å². The Hall–Kier alpha value is -2.93. The molecular formula is C17H17N3O4. The highest BCUT2D eigenvalue weighted by atomic mass is 16.6. The maximum Gasteiger partial charge on any atom is 0.310 e. The highest BCUT2D eigenvalue weighted by molar-refractivity contribution is 5.75. The van der Waals surface area contributed by atoms with Gasteiger partial charge in [-0.05, 0) is 25.1 Å². The monoisotopic (exact) mass is 327 g/mol. The smallest absolute Gasteiger partial charge is 0.310 e. The first kappa shape index (κ1) is 15.9. The van der Waals surface area contributed by atoms with Crippen molar-refractivity contribution < 1.29 is 14.8 Å². The lowest BCUT2D eigenvalue weighted by Gasteiger charge is -2.14. The summed E-state index contributed by atoms with van der Waals surface area (Å²) in [4.78, 5) is 14.9. The molecule has 1 N–H and O–H groups in total. The molecule has 0 amide bonds. The van der Waals surface area contributed by atoms with Gasteiger partial charge in [-0.25, -0.2) is 4.98 Å². The van der Waals surface area contributed by atoms with E-state index in [1.165, 1.54) is 12.1 Å². The van der Waals surface area contributed by atoms with Crippen molar-refractivity contribution in [2.45, 2.75) is 19.6 Å². The number of nitrogens with zero attached hydrogens (tertiary/aromatic N) is 3. The minimum atomic E-state index is -0.818. The van der Waals surface area contributed by atoms with Gasteiger partial charge in [0.2, 0.25) is 0 Å². The fourth-order valence-corrected chi connectivity index (χ4v) is 2.61. The fraction of sp³-hybridized carbons (Fsp3) is 0.235. The summed E-state index contributed by atoms with van der Waals surface area (Å²) in [5.74, 6) is 0.940. The Kier molecular flexibility index (Phi) is 4.43. The highest BCUT2D eigenvalue weighted by Gasteiger charge is 2.16. The van der Waals surface area contributed by atoms with Crippen LogP contribution in [0.5, 0.6) is 5.75 Å². The van der Waals surface area contributed by atoms with E-state index in [-0.39, 0.29) is 18.0 Å². The van der Waals surface area contributed by atoms with E-state index in [2.05, 4.69) is 4.98 Å². The van der Waals surface area contributed by atoms with Gasteiger partial charge in [-0.1, -0.05) is 24.3 Å². The number of fused-ring (bicyclic) bond motifs is 1. The quantitative estimate of drug-likeness (QED) is 0.555. The Morgan fingerprint density at radius 1 is 1.25 bits per heavy atom. The average Bonchev–Trinajstić information content (AvgIpc) is 2.89. The number of benzene rings is 2. The number of aryl methyl sites for hydroxylation is 1. The van der Waals surface area contributed by atoms with E-state index in [9.17, 15) is 15.2 Å². The van der Waals surface area contributed by atoms with Crippen LogP contribution in [-0.2, 0) is 6.54 Å². The van der Waals surface area contributed by atoms with Crippen LogP contribution in [0.2, 0.25) is 0 Å². The molecule has 0 spiro atoms. The Labute approximate surface area is 138 Å². The molecule has 1 aromatic heterocycles. The number of para-hydroxylation sites is 4. The molecule has 0 aliphatic rings. The third-order valence-corrected chi connectivity index (χ3v) is 3.73. The molecule has 1 unspecified atom stereocenters. The first-order valence-electron chi connectivity index (χ1n) is 7.52. The van der Waals surface area contributed by atoms with E-state index in [1.807, 2.05) is 35.8 Å². The molecule has 0 bridgehead atoms. The normalized spacial score (nSPS) is 12.2. The van der Waals surface area contributed by atoms with Crippen molar-refractivity contribution in [3.05, 3.63) is 64.5 Å². The number of nitro groups is 1. The number of aromatic nitrogens is 2. The topological polar surface area (TPSA) is 90.4 Å². The van der Waals surface area contributed by atoms with E-state index in [0.717, 1.165) is 16.9 Å². The largest absolute Gasteiger partial charge is 0.484 e. The van der Waals surface area contributed by atoms with Crippen molar-refractivity contribution in [3.8, 4) is 5.75 Å². The SMILES string of the molecule is Cc1nc2ccccc2n1CC(O)COc1ccccc1[N+](=O)[O-]. The van der Waals surface area contributed by atoms with Gasteiger partial charge in [-0.2, -0.15) is 0 Å². The first-order valence-corrected chi connectivity index (χ1v) is 7.52. The summed E-state index contributed by atoms with van der Waals surface area (Å²) in [5.41, 5.74) is 1.68. The van der Waals surface area contributed by atoms with Gasteiger partial charge < -0.3 is 14.4 Å². The van der Waals surface area contributed by atoms with Gasteiger partial charge in [0.05, 0.1) is 22.5 Å². The second-order valence-electron chi connectivity index (χ2n) is 5.45. The van der Waals surface area contributed by atoms with Crippen LogP contribution in [0.25, 0.3) is 11.0 Å². The molecule has 7 heteroatoms. The first-order chi connectivity index (χ1) is 11.6. The summed E-state index contributed by atoms with van der Waals surface area (Å²) < 4.78 is 7.34. The van der Waals surface area contributed by atoms with Crippen molar-refractivity contribution in [1.82, 2.24) is 9.55 Å². The Morgan fingerprint density at radius 2 is 1.96 bits per heavy atom. The summed E-state index contributed by atoms with van der Waals surface area (Å²) in [5, 5.41) is 21.2. The van der Waals surface area contributed by atoms with E-state index >= 15 is 0 Å². The molecular weight excluding hydrogens is 310 g/mol. The number of hydrogen-bond donors (Lipinski definition) is 1. The van der Waals surface area contributed by atoms with E-state index in [4.69, 9.17) is 4.74 Å². The molecule has 3 aromatic rings. The molecule has 0 fully saturated rings. The van der Waals surface area contributed by atoms with Gasteiger partial charge in [0.1, 0.15) is 18.5 Å². The molecule has 7 nitrogen and oxygen atoms in total. The van der Waals surface area contributed by atoms with Crippen molar-refractivity contribution in [2.75, 3.05) is 6.61 Å². The fourth-order valence-electron chi connectivity index (χ4n) is 2.61. The molecule has 3 rings (SSSR count). The van der Waals surface area contributed by atoms with Gasteiger partial charge in [-0.3, -0.25) is 10.1 Å². The Balaban J connectivity index is 1.71. The van der Waals surface area contributed by atoms with Crippen LogP contribution < -0.4 is 4.74 Å². The molecule has 0 aliphatic carbocycles. The zero-order chi connectivity index (χ0) is 17.1. The lowest BCUT2D eigenvalue weighted by Crippen LogP contribution is -2.24. The van der Waals surface area contributed by atoms with Gasteiger partial charge in [-0.15, -0.1) is 0 Å². The number of rotatable bonds is 6. The Morgan fingerprint density at radius 3 is 2.75 bits per heavy atom. The second kappa shape index (κ2) is 6.67. The maximum atomic E-state index is 11.0. The summed E-state index contributed by atoms with van der Waals surface area (Å²) in [6.07, 6.45) is -0.818. The van der Waals surface area contributed by atoms with Crippen LogP contribution in [0.1, 0.15) is 5.82 Å². The molecule has 24 heavy (non-hydrogen) atoms. The third-order valence-electron chi connectivity index (χ3n) is 3.73. The average molecular weight is 327 g/mol. The van der Waals surface area contributed by atoms with Crippen molar-refractivity contribution in [2.24, 2.45) is 0 Å². The summed E-state index contributed by atoms with van der Waals surface area (Å²) in [6.45, 7) is 2.12. The van der Waals surface area contributed by atoms with Gasteiger partial charge in [0.15, 0.2) is 5.75 Å². The minimum absolute atomic E-state index is 0.0448. The zero-order valence-electron chi connectivity index (χ0n) is 13.1. The van der Waals surface area contributed by atoms with Gasteiger partial charge in [0, 0.05) is 6.07 Å². The Bertz CT molecular complexity index is 875. The maximum absolute atomic E-state index is 11.0. The van der Waals surface area contributed by atoms with Crippen LogP contribution in [-0.4, -0.2) is 32.3 Å². The lowest BCUT2D eigenvalue weighted by molar-refractivity contribution is -0.385. The molecule has 0 aliphatic heterocycles. The standard InChI is InChI=1S/C17H17N3O4/c1-12-18-14-6-2-3-7-15(14)19(12)10-13(21)11-24-17-9-5-4-8-16(17)20(22)23/h2-9,13,21H,10-11H2,1H3. The zero-order valence-corrected chi connectivity index (χ0v) is 13.1. The van der Waals surface area contributed by atoms with E-state index in [1.54, 1.807) is 12.1 Å². The third kappa shape index (κ3) is 3.21. The number of imidazole rings is 1. The molecule has 2 aromatic carbocycles. The van der Waals surface area contributed by atoms with Crippen molar-refractivity contribution in [3.63, 3.8) is 0 Å². The van der Waals surface area contributed by atoms with E-state index < -0.39 is 11.0 Å². The second-order valence-corrected chi connectivity index (χ2v) is 5.45. The van der Waals surface area contributed by atoms with Gasteiger partial charge >= 0.3 is 5.69 Å². The van der Waals surface area contributed by atoms with Crippen LogP contribution in [0, 0.1) is 17.0 Å². The predicted molar refractivity (Wildman–Crippen MR) is 89.1 cm³/mol. The van der Waals surface area contributed by atoms with E-state index in [0.29, 0.717) is 6.54 Å². The highest BCUT2D eigenvalue weighted by Crippen LogP contribution is 2.26. The van der Waals surface area contributed by atoms with Crippen LogP contribution in [0.3, 0.4) is 0 Å². The number of hydrogen-bond acceptors (Lipinski definition) is 5. The minimum Gasteiger partial charge on any atom is -0.484 e. The molecule has 124 valence electrons. The summed E-state index contributed by atoms with van der Waals surface area (Å²) in [7, 11) is 0. The predicted octanol–water partition coefficient (Wildman–Crippen LogP) is 2.69. The number of ether oxygens (including phenoxy) is 1. The lowest BCUT2D eigenvalue weighted by atomic mass is 10.3. The molecule has 0 saturated heterocycles. The molecule has 1 heterocycles. The van der Waals surface area contributed by atoms with Crippen LogP contribution in [0.15, 0.2) is 48.5 Å². The number of nitro benzene ring substituents is 1. The van der Waals surface area contributed by atoms with Crippen LogP contribution >= 0.6 is 0 Å². The molecule has 0 radical (unpaired) electrons. The van der Waals surface area contributed by atoms with Crippen LogP contribution in [0.4, 0.5) is 5.69 Å². The number of aliphatic hydroxyl groups excluding tert-OH is 1. The van der Waals surface area contributed by atoms with Crippen molar-refractivity contribution in [1.29, 1.82) is 0 Å².